The van der Waals surface area contributed by atoms with E-state index in [-0.39, 0.29) is 25.1 Å². The molecule has 0 N–H and O–H groups in total. The molecule has 0 saturated carbocycles. The van der Waals surface area contributed by atoms with Gasteiger partial charge in [-0.3, -0.25) is 0 Å². The molecule has 0 fully saturated rings. The first kappa shape index (κ1) is 18.0. The molecule has 2 aromatic rings. The van der Waals surface area contributed by atoms with Crippen LogP contribution in [0, 0.1) is 5.82 Å². The summed E-state index contributed by atoms with van der Waals surface area (Å²) in [6.45, 7) is 6.09. The number of carbonyl (C=O) groups is 1. The zero-order chi connectivity index (χ0) is 18.7. The van der Waals surface area contributed by atoms with E-state index >= 15 is 0 Å². The molecule has 0 unspecified atom stereocenters. The van der Waals surface area contributed by atoms with Crippen LogP contribution in [-0.4, -0.2) is 25.3 Å². The Hall–Kier alpha value is -2.82. The number of carbonyl (C=O) groups excluding carboxylic acids is 1. The van der Waals surface area contributed by atoms with Gasteiger partial charge < -0.3 is 14.2 Å². The van der Waals surface area contributed by atoms with Gasteiger partial charge in [0.25, 0.3) is 0 Å². The smallest absolute Gasteiger partial charge is 0.339 e. The summed E-state index contributed by atoms with van der Waals surface area (Å²) < 4.78 is 30.1. The van der Waals surface area contributed by atoms with Crippen LogP contribution in [0.2, 0.25) is 0 Å². The van der Waals surface area contributed by atoms with Crippen molar-refractivity contribution < 1.29 is 23.4 Å². The number of ether oxygens (including phenoxy) is 3. The van der Waals surface area contributed by atoms with Gasteiger partial charge in [-0.05, 0) is 56.7 Å². The van der Waals surface area contributed by atoms with E-state index in [2.05, 4.69) is 0 Å². The first-order chi connectivity index (χ1) is 12.5. The Balaban J connectivity index is 2.15. The molecule has 4 nitrogen and oxygen atoms in total. The zero-order valence-corrected chi connectivity index (χ0v) is 15.0. The fourth-order valence-corrected chi connectivity index (χ4v) is 2.88. The van der Waals surface area contributed by atoms with Crippen LogP contribution < -0.4 is 9.47 Å². The largest absolute Gasteiger partial charge is 0.491 e. The van der Waals surface area contributed by atoms with Crippen molar-refractivity contribution in [1.82, 2.24) is 0 Å². The minimum absolute atomic E-state index is 0.00384. The maximum absolute atomic E-state index is 13.3. The third-order valence-electron chi connectivity index (χ3n) is 3.94. The molecule has 0 aromatic heterocycles. The van der Waals surface area contributed by atoms with Crippen LogP contribution >= 0.6 is 0 Å². The fraction of sp³-hybridized carbons (Fsp3) is 0.286. The normalized spacial score (nSPS) is 13.3. The summed E-state index contributed by atoms with van der Waals surface area (Å²) in [5.41, 5.74) is 2.43. The molecule has 26 heavy (non-hydrogen) atoms. The molecule has 0 aliphatic carbocycles. The standard InChI is InChI=1S/C21H21FO4/c1-4-24-21(23)20-17-11-16(26-13(2)3)9-10-19(17)25-12-18(20)14-5-7-15(22)8-6-14/h5-11,13H,4,12H2,1-3H3. The molecule has 1 heterocycles. The van der Waals surface area contributed by atoms with E-state index in [0.717, 1.165) is 5.56 Å². The molecule has 0 spiro atoms. The fourth-order valence-electron chi connectivity index (χ4n) is 2.88. The topological polar surface area (TPSA) is 44.8 Å². The quantitative estimate of drug-likeness (QED) is 0.741. The van der Waals surface area contributed by atoms with E-state index in [0.29, 0.717) is 28.2 Å². The molecule has 0 atom stereocenters. The van der Waals surface area contributed by atoms with Crippen molar-refractivity contribution in [2.75, 3.05) is 13.2 Å². The molecule has 0 radical (unpaired) electrons. The molecule has 5 heteroatoms. The highest BCUT2D eigenvalue weighted by atomic mass is 19.1. The van der Waals surface area contributed by atoms with Gasteiger partial charge in [0.05, 0.1) is 18.3 Å². The van der Waals surface area contributed by atoms with Gasteiger partial charge in [0.15, 0.2) is 0 Å². The van der Waals surface area contributed by atoms with Gasteiger partial charge in [-0.2, -0.15) is 0 Å². The Kier molecular flexibility index (Phi) is 5.26. The van der Waals surface area contributed by atoms with Gasteiger partial charge >= 0.3 is 5.97 Å². The maximum Gasteiger partial charge on any atom is 0.339 e. The summed E-state index contributed by atoms with van der Waals surface area (Å²) in [6.07, 6.45) is 0.00384. The van der Waals surface area contributed by atoms with E-state index in [1.807, 2.05) is 19.9 Å². The monoisotopic (exact) mass is 356 g/mol. The predicted octanol–water partition coefficient (Wildman–Crippen LogP) is 4.48. The lowest BCUT2D eigenvalue weighted by Gasteiger charge is -2.24. The summed E-state index contributed by atoms with van der Waals surface area (Å²) in [6, 6.07) is 11.4. The second kappa shape index (κ2) is 7.60. The average Bonchev–Trinajstić information content (AvgIpc) is 2.61. The van der Waals surface area contributed by atoms with E-state index < -0.39 is 5.97 Å². The minimum Gasteiger partial charge on any atom is -0.491 e. The highest BCUT2D eigenvalue weighted by Crippen LogP contribution is 2.40. The molecule has 0 bridgehead atoms. The number of rotatable bonds is 5. The average molecular weight is 356 g/mol. The van der Waals surface area contributed by atoms with Gasteiger partial charge in [-0.15, -0.1) is 0 Å². The van der Waals surface area contributed by atoms with E-state index in [9.17, 15) is 9.18 Å². The first-order valence-electron chi connectivity index (χ1n) is 8.59. The van der Waals surface area contributed by atoms with Crippen LogP contribution in [0.4, 0.5) is 4.39 Å². The maximum atomic E-state index is 13.3. The summed E-state index contributed by atoms with van der Waals surface area (Å²) in [5, 5.41) is 0. The van der Waals surface area contributed by atoms with Crippen molar-refractivity contribution in [1.29, 1.82) is 0 Å². The predicted molar refractivity (Wildman–Crippen MR) is 97.5 cm³/mol. The number of halogens is 1. The Labute approximate surface area is 152 Å². The van der Waals surface area contributed by atoms with Crippen LogP contribution in [0.25, 0.3) is 11.1 Å². The van der Waals surface area contributed by atoms with E-state index in [1.54, 1.807) is 31.2 Å². The number of fused-ring (bicyclic) bond motifs is 1. The highest BCUT2D eigenvalue weighted by Gasteiger charge is 2.28. The summed E-state index contributed by atoms with van der Waals surface area (Å²) in [4.78, 5) is 12.7. The van der Waals surface area contributed by atoms with Crippen LogP contribution in [-0.2, 0) is 9.53 Å². The van der Waals surface area contributed by atoms with Crippen molar-refractivity contribution >= 4 is 17.1 Å². The van der Waals surface area contributed by atoms with Gasteiger partial charge in [0.1, 0.15) is 23.9 Å². The SMILES string of the molecule is CCOC(=O)C1=C(c2ccc(F)cc2)COc2ccc(OC(C)C)cc21. The van der Waals surface area contributed by atoms with Crippen LogP contribution in [0.1, 0.15) is 31.9 Å². The molecular weight excluding hydrogens is 335 g/mol. The number of hydrogen-bond donors (Lipinski definition) is 0. The summed E-state index contributed by atoms with van der Waals surface area (Å²) >= 11 is 0. The van der Waals surface area contributed by atoms with Crippen LogP contribution in [0.5, 0.6) is 11.5 Å². The van der Waals surface area contributed by atoms with Crippen molar-refractivity contribution in [3.63, 3.8) is 0 Å². The van der Waals surface area contributed by atoms with E-state index in [1.165, 1.54) is 12.1 Å². The lowest BCUT2D eigenvalue weighted by Crippen LogP contribution is -2.18. The molecule has 2 aromatic carbocycles. The Morgan fingerprint density at radius 2 is 1.92 bits per heavy atom. The van der Waals surface area contributed by atoms with E-state index in [4.69, 9.17) is 14.2 Å². The summed E-state index contributed by atoms with van der Waals surface area (Å²) in [7, 11) is 0. The Bertz CT molecular complexity index is 838. The van der Waals surface area contributed by atoms with Crippen LogP contribution in [0.15, 0.2) is 42.5 Å². The van der Waals surface area contributed by atoms with Gasteiger partial charge in [-0.1, -0.05) is 12.1 Å². The Morgan fingerprint density at radius 1 is 1.19 bits per heavy atom. The third kappa shape index (κ3) is 3.72. The van der Waals surface area contributed by atoms with Crippen molar-refractivity contribution in [2.45, 2.75) is 26.9 Å². The van der Waals surface area contributed by atoms with Crippen molar-refractivity contribution in [2.24, 2.45) is 0 Å². The van der Waals surface area contributed by atoms with Gasteiger partial charge in [0, 0.05) is 11.1 Å². The first-order valence-corrected chi connectivity index (χ1v) is 8.59. The Morgan fingerprint density at radius 3 is 2.58 bits per heavy atom. The minimum atomic E-state index is -0.432. The van der Waals surface area contributed by atoms with Gasteiger partial charge in [0.2, 0.25) is 0 Å². The summed E-state index contributed by atoms with van der Waals surface area (Å²) in [5.74, 6) is 0.467. The number of hydrogen-bond acceptors (Lipinski definition) is 4. The molecule has 3 rings (SSSR count). The highest BCUT2D eigenvalue weighted by molar-refractivity contribution is 6.26. The lowest BCUT2D eigenvalue weighted by molar-refractivity contribution is -0.136. The number of benzene rings is 2. The molecule has 1 aliphatic rings. The zero-order valence-electron chi connectivity index (χ0n) is 15.0. The second-order valence-electron chi connectivity index (χ2n) is 6.19. The lowest BCUT2D eigenvalue weighted by atomic mass is 9.92. The molecule has 0 amide bonds. The third-order valence-corrected chi connectivity index (χ3v) is 3.94. The van der Waals surface area contributed by atoms with Crippen molar-refractivity contribution in [3.8, 4) is 11.5 Å². The molecular formula is C21H21FO4. The van der Waals surface area contributed by atoms with Crippen LogP contribution in [0.3, 0.4) is 0 Å². The molecule has 136 valence electrons. The van der Waals surface area contributed by atoms with Gasteiger partial charge in [-0.25, -0.2) is 9.18 Å². The van der Waals surface area contributed by atoms with Crippen molar-refractivity contribution in [3.05, 3.63) is 59.4 Å². The second-order valence-corrected chi connectivity index (χ2v) is 6.19. The molecule has 1 aliphatic heterocycles. The number of esters is 1. The molecule has 0 saturated heterocycles.